The summed E-state index contributed by atoms with van der Waals surface area (Å²) < 4.78 is 0. The van der Waals surface area contributed by atoms with Gasteiger partial charge in [-0.05, 0) is 0 Å². The SMILES string of the molecule is CC1N(c2ccccc2)CCN1c1ccccc1[PH](C)(c1ccccc1)c1ccccc1. The maximum absolute atomic E-state index is 2.60. The van der Waals surface area contributed by atoms with Crippen LogP contribution in [0.2, 0.25) is 0 Å². The van der Waals surface area contributed by atoms with Gasteiger partial charge in [0.2, 0.25) is 0 Å². The molecule has 1 aliphatic heterocycles. The van der Waals surface area contributed by atoms with Crippen molar-refractivity contribution < 1.29 is 0 Å². The van der Waals surface area contributed by atoms with E-state index in [1.807, 2.05) is 0 Å². The molecule has 0 aromatic heterocycles. The minimum atomic E-state index is -2.18. The van der Waals surface area contributed by atoms with Gasteiger partial charge in [0.25, 0.3) is 0 Å². The van der Waals surface area contributed by atoms with Crippen LogP contribution in [0.5, 0.6) is 0 Å². The molecule has 162 valence electrons. The zero-order valence-electron chi connectivity index (χ0n) is 18.9. The van der Waals surface area contributed by atoms with Crippen LogP contribution in [0.1, 0.15) is 6.92 Å². The van der Waals surface area contributed by atoms with Gasteiger partial charge in [0.15, 0.2) is 0 Å². The summed E-state index contributed by atoms with van der Waals surface area (Å²) in [6.45, 7) is 6.91. The van der Waals surface area contributed by atoms with E-state index in [9.17, 15) is 0 Å². The molecule has 4 aromatic carbocycles. The molecule has 5 rings (SSSR count). The summed E-state index contributed by atoms with van der Waals surface area (Å²) in [4.78, 5) is 5.11. The second kappa shape index (κ2) is 8.81. The summed E-state index contributed by atoms with van der Waals surface area (Å²) in [7, 11) is -2.18. The predicted molar refractivity (Wildman–Crippen MR) is 143 cm³/mol. The van der Waals surface area contributed by atoms with Crippen LogP contribution in [0.25, 0.3) is 0 Å². The summed E-state index contributed by atoms with van der Waals surface area (Å²) in [5.41, 5.74) is 2.67. The Morgan fingerprint density at radius 2 is 1.06 bits per heavy atom. The Morgan fingerprint density at radius 1 is 0.594 bits per heavy atom. The van der Waals surface area contributed by atoms with Crippen molar-refractivity contribution in [3.63, 3.8) is 0 Å². The molecule has 1 aliphatic rings. The number of benzene rings is 4. The van der Waals surface area contributed by atoms with Gasteiger partial charge < -0.3 is 0 Å². The van der Waals surface area contributed by atoms with Gasteiger partial charge in [-0.3, -0.25) is 0 Å². The first-order valence-corrected chi connectivity index (χ1v) is 14.0. The topological polar surface area (TPSA) is 6.48 Å². The molecule has 1 fully saturated rings. The molecule has 0 N–H and O–H groups in total. The zero-order valence-corrected chi connectivity index (χ0v) is 19.9. The Hall–Kier alpha value is -3.09. The fourth-order valence-corrected chi connectivity index (χ4v) is 9.05. The van der Waals surface area contributed by atoms with Gasteiger partial charge in [-0.15, -0.1) is 0 Å². The Kier molecular flexibility index (Phi) is 5.72. The molecule has 0 aliphatic carbocycles. The van der Waals surface area contributed by atoms with Crippen LogP contribution < -0.4 is 25.7 Å². The summed E-state index contributed by atoms with van der Waals surface area (Å²) in [5.74, 6) is 0. The molecule has 3 heteroatoms. The van der Waals surface area contributed by atoms with Gasteiger partial charge >= 0.3 is 192 Å². The Bertz CT molecular complexity index is 1120. The van der Waals surface area contributed by atoms with Crippen molar-refractivity contribution in [2.45, 2.75) is 13.1 Å². The summed E-state index contributed by atoms with van der Waals surface area (Å²) in [6.07, 6.45) is 0.309. The van der Waals surface area contributed by atoms with E-state index < -0.39 is 7.26 Å². The molecule has 1 unspecified atom stereocenters. The monoisotopic (exact) mass is 438 g/mol. The Labute approximate surface area is 192 Å². The van der Waals surface area contributed by atoms with Crippen molar-refractivity contribution in [3.8, 4) is 0 Å². The molecule has 0 spiro atoms. The van der Waals surface area contributed by atoms with Crippen LogP contribution in [-0.2, 0) is 0 Å². The number of anilines is 2. The number of hydrogen-bond donors (Lipinski definition) is 0. The number of rotatable bonds is 5. The third-order valence-electron chi connectivity index (χ3n) is 7.03. The fraction of sp³-hybridized carbons (Fsp3) is 0.172. The average Bonchev–Trinajstić information content (AvgIpc) is 3.26. The first-order valence-electron chi connectivity index (χ1n) is 11.5. The van der Waals surface area contributed by atoms with E-state index in [1.165, 1.54) is 27.3 Å². The van der Waals surface area contributed by atoms with Crippen LogP contribution in [0.4, 0.5) is 11.4 Å². The second-order valence-electron chi connectivity index (χ2n) is 8.73. The Balaban J connectivity index is 1.62. The number of para-hydroxylation sites is 2. The molecule has 0 radical (unpaired) electrons. The van der Waals surface area contributed by atoms with Gasteiger partial charge in [0.1, 0.15) is 0 Å². The minimum absolute atomic E-state index is 0.309. The van der Waals surface area contributed by atoms with E-state index in [2.05, 4.69) is 139 Å². The predicted octanol–water partition coefficient (Wildman–Crippen LogP) is 5.02. The van der Waals surface area contributed by atoms with Gasteiger partial charge in [0, 0.05) is 0 Å². The second-order valence-corrected chi connectivity index (χ2v) is 12.7. The van der Waals surface area contributed by atoms with Gasteiger partial charge in [-0.1, -0.05) is 0 Å². The van der Waals surface area contributed by atoms with Crippen LogP contribution >= 0.6 is 7.26 Å². The third kappa shape index (κ3) is 3.59. The maximum atomic E-state index is 2.60. The molecule has 1 heterocycles. The molecule has 0 saturated carbocycles. The van der Waals surface area contributed by atoms with Gasteiger partial charge in [0.05, 0.1) is 0 Å². The van der Waals surface area contributed by atoms with Crippen LogP contribution in [-0.4, -0.2) is 25.9 Å². The molecular weight excluding hydrogens is 407 g/mol. The zero-order chi connectivity index (χ0) is 22.0. The molecule has 2 nitrogen and oxygen atoms in total. The third-order valence-corrected chi connectivity index (χ3v) is 11.5. The summed E-state index contributed by atoms with van der Waals surface area (Å²) in [6, 6.07) is 42.2. The van der Waals surface area contributed by atoms with E-state index >= 15 is 0 Å². The van der Waals surface area contributed by atoms with E-state index in [1.54, 1.807) is 0 Å². The van der Waals surface area contributed by atoms with Gasteiger partial charge in [-0.25, -0.2) is 0 Å². The number of hydrogen-bond acceptors (Lipinski definition) is 2. The van der Waals surface area contributed by atoms with Crippen LogP contribution in [0, 0.1) is 0 Å². The molecule has 4 aromatic rings. The standard InChI is InChI=1S/C29H31N2P/c1-24-30(25-14-6-3-7-15-25)22-23-31(24)28-20-12-13-21-29(28)32(2,26-16-8-4-9-17-26)27-18-10-5-11-19-27/h3-21,24,32H,22-23H2,1-2H3. The first kappa shape index (κ1) is 20.8. The molecule has 0 bridgehead atoms. The fourth-order valence-electron chi connectivity index (χ4n) is 5.21. The van der Waals surface area contributed by atoms with E-state index in [0.717, 1.165) is 13.1 Å². The molecule has 1 saturated heterocycles. The van der Waals surface area contributed by atoms with Crippen LogP contribution in [0.15, 0.2) is 115 Å². The average molecular weight is 439 g/mol. The van der Waals surface area contributed by atoms with Gasteiger partial charge in [-0.2, -0.15) is 0 Å². The summed E-state index contributed by atoms with van der Waals surface area (Å²) >= 11 is 0. The van der Waals surface area contributed by atoms with Crippen LogP contribution in [0.3, 0.4) is 0 Å². The molecule has 1 atom stereocenters. The van der Waals surface area contributed by atoms with E-state index in [4.69, 9.17) is 0 Å². The van der Waals surface area contributed by atoms with E-state index in [0.29, 0.717) is 6.17 Å². The van der Waals surface area contributed by atoms with Crippen molar-refractivity contribution in [2.75, 3.05) is 29.6 Å². The Morgan fingerprint density at radius 3 is 1.66 bits per heavy atom. The molecule has 0 amide bonds. The van der Waals surface area contributed by atoms with E-state index in [-0.39, 0.29) is 0 Å². The molecule has 32 heavy (non-hydrogen) atoms. The van der Waals surface area contributed by atoms with Crippen molar-refractivity contribution in [1.29, 1.82) is 0 Å². The van der Waals surface area contributed by atoms with Crippen molar-refractivity contribution in [2.24, 2.45) is 0 Å². The number of nitrogens with zero attached hydrogens (tertiary/aromatic N) is 2. The first-order chi connectivity index (χ1) is 15.7. The van der Waals surface area contributed by atoms with Crippen molar-refractivity contribution >= 4 is 34.6 Å². The summed E-state index contributed by atoms with van der Waals surface area (Å²) in [5, 5.41) is 4.38. The quantitative estimate of drug-likeness (QED) is 0.404. The molecular formula is C29H31N2P. The van der Waals surface area contributed by atoms with Crippen molar-refractivity contribution in [1.82, 2.24) is 0 Å². The van der Waals surface area contributed by atoms with Crippen molar-refractivity contribution in [3.05, 3.63) is 115 Å². The normalized spacial score (nSPS) is 16.9.